The molecule has 5 rings (SSSR count). The molecule has 6 nitrogen and oxygen atoms in total. The third kappa shape index (κ3) is 5.50. The van der Waals surface area contributed by atoms with Crippen LogP contribution in [0.25, 0.3) is 22.7 Å². The van der Waals surface area contributed by atoms with Gasteiger partial charge in [-0.2, -0.15) is 0 Å². The van der Waals surface area contributed by atoms with Crippen molar-refractivity contribution in [2.24, 2.45) is 5.92 Å². The smallest absolute Gasteiger partial charge is 0.287 e. The fourth-order valence-electron chi connectivity index (χ4n) is 5.55. The van der Waals surface area contributed by atoms with Gasteiger partial charge in [0.15, 0.2) is 11.5 Å². The summed E-state index contributed by atoms with van der Waals surface area (Å²) in [5, 5.41) is 3.01. The van der Waals surface area contributed by atoms with E-state index >= 15 is 0 Å². The number of likely N-dealkylation sites (tertiary alicyclic amines) is 1. The predicted octanol–water partition coefficient (Wildman–Crippen LogP) is 5.92. The zero-order valence-electron chi connectivity index (χ0n) is 20.5. The minimum absolute atomic E-state index is 0.196. The van der Waals surface area contributed by atoms with Gasteiger partial charge >= 0.3 is 0 Å². The van der Waals surface area contributed by atoms with Crippen molar-refractivity contribution < 1.29 is 13.6 Å². The van der Waals surface area contributed by atoms with Crippen molar-refractivity contribution in [1.82, 2.24) is 19.8 Å². The first-order valence-electron chi connectivity index (χ1n) is 13.0. The number of amides is 1. The monoisotopic (exact) mass is 478 g/mol. The fraction of sp³-hybridized carbons (Fsp3) is 0.500. The summed E-state index contributed by atoms with van der Waals surface area (Å²) in [7, 11) is 0. The number of carbonyl (C=O) groups excluding carboxylic acids is 1. The van der Waals surface area contributed by atoms with E-state index in [1.807, 2.05) is 12.4 Å². The van der Waals surface area contributed by atoms with Crippen LogP contribution in [0, 0.1) is 11.7 Å². The van der Waals surface area contributed by atoms with Crippen LogP contribution in [-0.4, -0.2) is 46.5 Å². The molecular weight excluding hydrogens is 443 g/mol. The third-order valence-electron chi connectivity index (χ3n) is 7.37. The maximum absolute atomic E-state index is 13.5. The van der Waals surface area contributed by atoms with Crippen LogP contribution in [0.15, 0.2) is 47.1 Å². The highest BCUT2D eigenvalue weighted by Gasteiger charge is 2.26. The summed E-state index contributed by atoms with van der Waals surface area (Å²) in [5.74, 6) is 1.20. The molecule has 1 atom stereocenters. The molecular formula is C28H35FN4O2. The molecule has 186 valence electrons. The van der Waals surface area contributed by atoms with Gasteiger partial charge in [0.1, 0.15) is 11.5 Å². The highest BCUT2D eigenvalue weighted by atomic mass is 19.1. The van der Waals surface area contributed by atoms with Crippen molar-refractivity contribution in [2.45, 2.75) is 57.9 Å². The second-order valence-corrected chi connectivity index (χ2v) is 10.1. The predicted molar refractivity (Wildman–Crippen MR) is 135 cm³/mol. The summed E-state index contributed by atoms with van der Waals surface area (Å²) in [5.41, 5.74) is 2.42. The van der Waals surface area contributed by atoms with E-state index in [4.69, 9.17) is 4.42 Å². The lowest BCUT2D eigenvalue weighted by molar-refractivity contribution is 0.0923. The molecule has 0 unspecified atom stereocenters. The Hall–Kier alpha value is -2.93. The normalized spacial score (nSPS) is 19.3. The molecule has 1 aliphatic carbocycles. The molecule has 1 N–H and O–H groups in total. The van der Waals surface area contributed by atoms with E-state index in [9.17, 15) is 9.18 Å². The summed E-state index contributed by atoms with van der Waals surface area (Å²) < 4.78 is 21.8. The van der Waals surface area contributed by atoms with Crippen LogP contribution in [0.2, 0.25) is 0 Å². The zero-order chi connectivity index (χ0) is 24.2. The largest absolute Gasteiger partial charge is 0.449 e. The van der Waals surface area contributed by atoms with Crippen LogP contribution in [0.1, 0.15) is 68.5 Å². The maximum atomic E-state index is 13.5. The first-order valence-corrected chi connectivity index (χ1v) is 13.0. The van der Waals surface area contributed by atoms with Crippen LogP contribution in [0.4, 0.5) is 4.39 Å². The Balaban J connectivity index is 1.29. The van der Waals surface area contributed by atoms with Gasteiger partial charge < -0.3 is 19.2 Å². The molecule has 1 amide bonds. The van der Waals surface area contributed by atoms with E-state index in [-0.39, 0.29) is 11.7 Å². The summed E-state index contributed by atoms with van der Waals surface area (Å²) in [4.78, 5) is 20.0. The molecule has 1 aliphatic heterocycles. The van der Waals surface area contributed by atoms with Crippen LogP contribution < -0.4 is 5.32 Å². The molecule has 35 heavy (non-hydrogen) atoms. The van der Waals surface area contributed by atoms with Gasteiger partial charge in [0.05, 0.1) is 12.0 Å². The van der Waals surface area contributed by atoms with Gasteiger partial charge in [-0.1, -0.05) is 19.8 Å². The number of aromatic nitrogens is 2. The van der Waals surface area contributed by atoms with E-state index in [1.165, 1.54) is 37.8 Å². The van der Waals surface area contributed by atoms with Gasteiger partial charge in [-0.15, -0.1) is 0 Å². The molecule has 2 aromatic heterocycles. The third-order valence-corrected chi connectivity index (χ3v) is 7.37. The number of imidazole rings is 1. The quantitative estimate of drug-likeness (QED) is 0.409. The SMILES string of the molecule is C[C@H]1CCCN(CCCNC(=O)c2ccc(-c3c(-c4ccc(F)cc4)ncn3C3CCCC3)o2)C1. The lowest BCUT2D eigenvalue weighted by atomic mass is 10.0. The highest BCUT2D eigenvalue weighted by Crippen LogP contribution is 2.39. The van der Waals surface area contributed by atoms with Crippen molar-refractivity contribution in [3.05, 3.63) is 54.3 Å². The number of benzene rings is 1. The molecule has 3 heterocycles. The Morgan fingerprint density at radius 3 is 2.69 bits per heavy atom. The van der Waals surface area contributed by atoms with Gasteiger partial charge in [-0.05, 0) is 87.5 Å². The number of halogens is 1. The minimum Gasteiger partial charge on any atom is -0.449 e. The van der Waals surface area contributed by atoms with Crippen LogP contribution in [0.5, 0.6) is 0 Å². The lowest BCUT2D eigenvalue weighted by Gasteiger charge is -2.30. The summed E-state index contributed by atoms with van der Waals surface area (Å²) in [6.07, 6.45) is 9.93. The number of hydrogen-bond acceptors (Lipinski definition) is 4. The number of nitrogens with one attached hydrogen (secondary N) is 1. The van der Waals surface area contributed by atoms with Crippen molar-refractivity contribution in [2.75, 3.05) is 26.2 Å². The molecule has 3 aromatic rings. The standard InChI is InChI=1S/C28H35FN4O2/c1-20-6-4-16-32(18-20)17-5-15-30-28(34)25-14-13-24(35-25)27-26(21-9-11-22(29)12-10-21)31-19-33(27)23-7-2-3-8-23/h9-14,19-20,23H,2-8,15-18H2,1H3,(H,30,34)/t20-/m0/s1. The molecule has 0 bridgehead atoms. The zero-order valence-corrected chi connectivity index (χ0v) is 20.5. The van der Waals surface area contributed by atoms with E-state index < -0.39 is 0 Å². The van der Waals surface area contributed by atoms with Gasteiger partial charge in [0.25, 0.3) is 5.91 Å². The Bertz CT molecular complexity index is 1130. The van der Waals surface area contributed by atoms with Gasteiger partial charge in [-0.3, -0.25) is 4.79 Å². The fourth-order valence-corrected chi connectivity index (χ4v) is 5.55. The van der Waals surface area contributed by atoms with Gasteiger partial charge in [0.2, 0.25) is 0 Å². The van der Waals surface area contributed by atoms with Crippen LogP contribution in [-0.2, 0) is 0 Å². The van der Waals surface area contributed by atoms with Crippen molar-refractivity contribution in [1.29, 1.82) is 0 Å². The molecule has 1 saturated carbocycles. The molecule has 0 spiro atoms. The topological polar surface area (TPSA) is 63.3 Å². The first kappa shape index (κ1) is 23.8. The second kappa shape index (κ2) is 10.8. The number of nitrogens with zero attached hydrogens (tertiary/aromatic N) is 3. The van der Waals surface area contributed by atoms with Gasteiger partial charge in [-0.25, -0.2) is 9.37 Å². The molecule has 2 aliphatic rings. The summed E-state index contributed by atoms with van der Waals surface area (Å²) in [6.45, 7) is 6.25. The van der Waals surface area contributed by atoms with Gasteiger partial charge in [0, 0.05) is 24.7 Å². The van der Waals surface area contributed by atoms with E-state index in [2.05, 4.69) is 26.7 Å². The molecule has 0 radical (unpaired) electrons. The van der Waals surface area contributed by atoms with Crippen molar-refractivity contribution >= 4 is 5.91 Å². The number of rotatable bonds is 8. The number of carbonyl (C=O) groups is 1. The van der Waals surface area contributed by atoms with Crippen molar-refractivity contribution in [3.8, 4) is 22.7 Å². The Labute approximate surface area is 206 Å². The van der Waals surface area contributed by atoms with Crippen LogP contribution in [0.3, 0.4) is 0 Å². The number of piperidine rings is 1. The average molecular weight is 479 g/mol. The lowest BCUT2D eigenvalue weighted by Crippen LogP contribution is -2.36. The molecule has 2 fully saturated rings. The summed E-state index contributed by atoms with van der Waals surface area (Å²) in [6, 6.07) is 10.3. The molecule has 1 saturated heterocycles. The van der Waals surface area contributed by atoms with E-state index in [0.29, 0.717) is 24.1 Å². The number of hydrogen-bond donors (Lipinski definition) is 1. The highest BCUT2D eigenvalue weighted by molar-refractivity contribution is 5.92. The van der Waals surface area contributed by atoms with Crippen molar-refractivity contribution in [3.63, 3.8) is 0 Å². The minimum atomic E-state index is -0.280. The number of furan rings is 1. The Kier molecular flexibility index (Phi) is 7.32. The van der Waals surface area contributed by atoms with E-state index in [1.54, 1.807) is 18.2 Å². The Morgan fingerprint density at radius 2 is 1.91 bits per heavy atom. The maximum Gasteiger partial charge on any atom is 0.287 e. The average Bonchev–Trinajstić information content (AvgIpc) is 3.62. The van der Waals surface area contributed by atoms with E-state index in [0.717, 1.165) is 61.8 Å². The second-order valence-electron chi connectivity index (χ2n) is 10.1. The summed E-state index contributed by atoms with van der Waals surface area (Å²) >= 11 is 0. The molecule has 1 aromatic carbocycles. The first-order chi connectivity index (χ1) is 17.1. The van der Waals surface area contributed by atoms with Crippen LogP contribution >= 0.6 is 0 Å². The Morgan fingerprint density at radius 1 is 1.11 bits per heavy atom. The molecule has 7 heteroatoms.